The molecular weight excluding hydrogens is 382 g/mol. The Balaban J connectivity index is 2.21. The van der Waals surface area contributed by atoms with Crippen LogP contribution in [-0.4, -0.2) is 40.3 Å². The van der Waals surface area contributed by atoms with E-state index in [0.29, 0.717) is 18.5 Å². The number of nitro groups is 1. The minimum absolute atomic E-state index is 0.00114. The average Bonchev–Trinajstić information content (AvgIpc) is 2.74. The highest BCUT2D eigenvalue weighted by atomic mass is 16.6. The van der Waals surface area contributed by atoms with Crippen molar-refractivity contribution in [1.29, 1.82) is 0 Å². The van der Waals surface area contributed by atoms with Crippen molar-refractivity contribution in [2.75, 3.05) is 6.54 Å². The summed E-state index contributed by atoms with van der Waals surface area (Å²) in [4.78, 5) is 38.1. The first-order valence-electron chi connectivity index (χ1n) is 10.2. The fraction of sp³-hybridized carbons (Fsp3) is 0.391. The number of rotatable bonds is 10. The molecule has 0 aromatic heterocycles. The smallest absolute Gasteiger partial charge is 0.273 e. The molecule has 2 amide bonds. The van der Waals surface area contributed by atoms with Gasteiger partial charge in [0.1, 0.15) is 6.04 Å². The molecule has 0 aliphatic rings. The Kier molecular flexibility index (Phi) is 8.53. The van der Waals surface area contributed by atoms with Gasteiger partial charge in [0, 0.05) is 24.2 Å². The van der Waals surface area contributed by atoms with E-state index in [0.717, 1.165) is 12.0 Å². The second kappa shape index (κ2) is 11.1. The van der Waals surface area contributed by atoms with Crippen LogP contribution in [0.25, 0.3) is 0 Å². The van der Waals surface area contributed by atoms with Crippen LogP contribution >= 0.6 is 0 Å². The van der Waals surface area contributed by atoms with Crippen molar-refractivity contribution in [2.24, 2.45) is 0 Å². The van der Waals surface area contributed by atoms with Crippen molar-refractivity contribution < 1.29 is 14.5 Å². The fourth-order valence-corrected chi connectivity index (χ4v) is 3.14. The zero-order chi connectivity index (χ0) is 22.1. The monoisotopic (exact) mass is 411 g/mol. The van der Waals surface area contributed by atoms with Gasteiger partial charge in [-0.2, -0.15) is 0 Å². The van der Waals surface area contributed by atoms with E-state index in [1.807, 2.05) is 44.2 Å². The minimum Gasteiger partial charge on any atom is -0.352 e. The maximum atomic E-state index is 13.1. The van der Waals surface area contributed by atoms with Crippen LogP contribution in [0.4, 0.5) is 5.69 Å². The van der Waals surface area contributed by atoms with Gasteiger partial charge < -0.3 is 10.2 Å². The standard InChI is InChI=1S/C23H29N3O4/c1-4-17(2)24-23(28)18(3)25(15-14-19-10-6-5-7-11-19)22(27)16-20-12-8-9-13-21(20)26(29)30/h5-13,17-18H,4,14-16H2,1-3H3,(H,24,28)/t17-,18-/m1/s1. The Labute approximate surface area is 177 Å². The van der Waals surface area contributed by atoms with Gasteiger partial charge in [-0.05, 0) is 32.3 Å². The second-order valence-electron chi connectivity index (χ2n) is 7.38. The molecule has 30 heavy (non-hydrogen) atoms. The van der Waals surface area contributed by atoms with Crippen LogP contribution in [0, 0.1) is 10.1 Å². The average molecular weight is 412 g/mol. The first-order chi connectivity index (χ1) is 14.3. The van der Waals surface area contributed by atoms with Crippen molar-refractivity contribution in [2.45, 2.75) is 52.1 Å². The summed E-state index contributed by atoms with van der Waals surface area (Å²) in [5.74, 6) is -0.541. The summed E-state index contributed by atoms with van der Waals surface area (Å²) in [5, 5.41) is 14.2. The van der Waals surface area contributed by atoms with Crippen LogP contribution in [-0.2, 0) is 22.4 Å². The van der Waals surface area contributed by atoms with Crippen molar-refractivity contribution in [3.8, 4) is 0 Å². The lowest BCUT2D eigenvalue weighted by Crippen LogP contribution is -2.50. The summed E-state index contributed by atoms with van der Waals surface area (Å²) in [6.07, 6.45) is 1.24. The molecule has 0 spiro atoms. The van der Waals surface area contributed by atoms with Gasteiger partial charge in [-0.25, -0.2) is 0 Å². The third-order valence-corrected chi connectivity index (χ3v) is 5.18. The third kappa shape index (κ3) is 6.40. The number of amides is 2. The van der Waals surface area contributed by atoms with E-state index in [4.69, 9.17) is 0 Å². The summed E-state index contributed by atoms with van der Waals surface area (Å²) in [7, 11) is 0. The molecular formula is C23H29N3O4. The van der Waals surface area contributed by atoms with Gasteiger partial charge in [-0.15, -0.1) is 0 Å². The van der Waals surface area contributed by atoms with Crippen molar-refractivity contribution in [3.63, 3.8) is 0 Å². The molecule has 7 heteroatoms. The largest absolute Gasteiger partial charge is 0.352 e. The molecule has 7 nitrogen and oxygen atoms in total. The molecule has 0 radical (unpaired) electrons. The Morgan fingerprint density at radius 2 is 1.70 bits per heavy atom. The van der Waals surface area contributed by atoms with Crippen LogP contribution in [0.3, 0.4) is 0 Å². The summed E-state index contributed by atoms with van der Waals surface area (Å²) in [6.45, 7) is 5.93. The zero-order valence-corrected chi connectivity index (χ0v) is 17.7. The molecule has 0 aliphatic heterocycles. The lowest BCUT2D eigenvalue weighted by atomic mass is 10.1. The van der Waals surface area contributed by atoms with Crippen LogP contribution < -0.4 is 5.32 Å². The maximum Gasteiger partial charge on any atom is 0.273 e. The van der Waals surface area contributed by atoms with E-state index in [1.165, 1.54) is 11.0 Å². The van der Waals surface area contributed by atoms with Gasteiger partial charge in [0.05, 0.1) is 11.3 Å². The predicted molar refractivity (Wildman–Crippen MR) is 116 cm³/mol. The molecule has 0 saturated carbocycles. The van der Waals surface area contributed by atoms with E-state index in [1.54, 1.807) is 25.1 Å². The van der Waals surface area contributed by atoms with Crippen molar-refractivity contribution >= 4 is 17.5 Å². The van der Waals surface area contributed by atoms with Gasteiger partial charge in [0.2, 0.25) is 11.8 Å². The molecule has 2 atom stereocenters. The molecule has 0 saturated heterocycles. The maximum absolute atomic E-state index is 13.1. The number of para-hydroxylation sites is 1. The SMILES string of the molecule is CC[C@@H](C)NC(=O)[C@@H](C)N(CCc1ccccc1)C(=O)Cc1ccccc1[N+](=O)[O-]. The second-order valence-corrected chi connectivity index (χ2v) is 7.38. The highest BCUT2D eigenvalue weighted by molar-refractivity contribution is 5.88. The Morgan fingerprint density at radius 1 is 1.07 bits per heavy atom. The molecule has 160 valence electrons. The molecule has 2 aromatic carbocycles. The highest BCUT2D eigenvalue weighted by Crippen LogP contribution is 2.19. The van der Waals surface area contributed by atoms with Gasteiger partial charge in [-0.3, -0.25) is 19.7 Å². The number of hydrogen-bond acceptors (Lipinski definition) is 4. The first-order valence-corrected chi connectivity index (χ1v) is 10.2. The lowest BCUT2D eigenvalue weighted by molar-refractivity contribution is -0.385. The van der Waals surface area contributed by atoms with Crippen LogP contribution in [0.2, 0.25) is 0 Å². The minimum atomic E-state index is -0.682. The summed E-state index contributed by atoms with van der Waals surface area (Å²) >= 11 is 0. The molecule has 0 aliphatic carbocycles. The van der Waals surface area contributed by atoms with Gasteiger partial charge >= 0.3 is 0 Å². The molecule has 0 unspecified atom stereocenters. The summed E-state index contributed by atoms with van der Waals surface area (Å²) < 4.78 is 0. The topological polar surface area (TPSA) is 92.6 Å². The van der Waals surface area contributed by atoms with Crippen molar-refractivity contribution in [1.82, 2.24) is 10.2 Å². The van der Waals surface area contributed by atoms with E-state index in [9.17, 15) is 19.7 Å². The van der Waals surface area contributed by atoms with E-state index >= 15 is 0 Å². The Hall–Kier alpha value is -3.22. The van der Waals surface area contributed by atoms with Gasteiger partial charge in [0.15, 0.2) is 0 Å². The third-order valence-electron chi connectivity index (χ3n) is 5.18. The summed E-state index contributed by atoms with van der Waals surface area (Å²) in [6, 6.07) is 15.2. The number of hydrogen-bond donors (Lipinski definition) is 1. The number of nitrogens with zero attached hydrogens (tertiary/aromatic N) is 2. The molecule has 1 N–H and O–H groups in total. The van der Waals surface area contributed by atoms with Crippen LogP contribution in [0.5, 0.6) is 0 Å². The van der Waals surface area contributed by atoms with E-state index in [2.05, 4.69) is 5.32 Å². The van der Waals surface area contributed by atoms with Crippen LogP contribution in [0.1, 0.15) is 38.3 Å². The molecule has 2 aromatic rings. The number of carbonyl (C=O) groups is 2. The first kappa shape index (κ1) is 23.1. The molecule has 0 heterocycles. The van der Waals surface area contributed by atoms with Gasteiger partial charge in [0.25, 0.3) is 5.69 Å². The van der Waals surface area contributed by atoms with Gasteiger partial charge in [-0.1, -0.05) is 55.5 Å². The Morgan fingerprint density at radius 3 is 2.33 bits per heavy atom. The number of nitro benzene ring substituents is 1. The van der Waals surface area contributed by atoms with E-state index < -0.39 is 11.0 Å². The molecule has 0 fully saturated rings. The van der Waals surface area contributed by atoms with Crippen molar-refractivity contribution in [3.05, 3.63) is 75.8 Å². The zero-order valence-electron chi connectivity index (χ0n) is 17.7. The normalized spacial score (nSPS) is 12.6. The predicted octanol–water partition coefficient (Wildman–Crippen LogP) is 3.51. The quantitative estimate of drug-likeness (QED) is 0.478. The lowest BCUT2D eigenvalue weighted by Gasteiger charge is -2.29. The van der Waals surface area contributed by atoms with Crippen LogP contribution in [0.15, 0.2) is 54.6 Å². The van der Waals surface area contributed by atoms with E-state index in [-0.39, 0.29) is 30.0 Å². The molecule has 2 rings (SSSR count). The number of benzene rings is 2. The molecule has 0 bridgehead atoms. The number of carbonyl (C=O) groups excluding carboxylic acids is 2. The summed E-state index contributed by atoms with van der Waals surface area (Å²) in [5.41, 5.74) is 1.30. The Bertz CT molecular complexity index is 870. The highest BCUT2D eigenvalue weighted by Gasteiger charge is 2.28. The number of nitrogens with one attached hydrogen (secondary N) is 1. The fourth-order valence-electron chi connectivity index (χ4n) is 3.14.